The fourth-order valence-electron chi connectivity index (χ4n) is 2.25. The molecule has 2 rings (SSSR count). The molecular formula is C15H22O2. The summed E-state index contributed by atoms with van der Waals surface area (Å²) in [6.45, 7) is 6.57. The van der Waals surface area contributed by atoms with Gasteiger partial charge in [-0.05, 0) is 42.4 Å². The zero-order valence-electron chi connectivity index (χ0n) is 10.9. The van der Waals surface area contributed by atoms with Crippen LogP contribution in [0.1, 0.15) is 45.6 Å². The maximum Gasteiger partial charge on any atom is 0.124 e. The van der Waals surface area contributed by atoms with Crippen molar-refractivity contribution in [3.8, 4) is 5.75 Å². The van der Waals surface area contributed by atoms with Crippen LogP contribution in [0.25, 0.3) is 0 Å². The SMILES string of the molecule is CC(C)(C)c1cccc(O[C@@H]2CCC[C@H]2O)c1. The van der Waals surface area contributed by atoms with Crippen molar-refractivity contribution in [1.29, 1.82) is 0 Å². The Balaban J connectivity index is 2.11. The molecule has 0 spiro atoms. The molecule has 2 nitrogen and oxygen atoms in total. The molecule has 0 aromatic heterocycles. The van der Waals surface area contributed by atoms with Crippen molar-refractivity contribution < 1.29 is 9.84 Å². The second-order valence-electron chi connectivity index (χ2n) is 5.93. The lowest BCUT2D eigenvalue weighted by atomic mass is 9.87. The van der Waals surface area contributed by atoms with Gasteiger partial charge in [0.15, 0.2) is 0 Å². The number of hydrogen-bond donors (Lipinski definition) is 1. The average Bonchev–Trinajstić information content (AvgIpc) is 2.64. The van der Waals surface area contributed by atoms with E-state index in [1.54, 1.807) is 0 Å². The predicted octanol–water partition coefficient (Wildman–Crippen LogP) is 3.28. The standard InChI is InChI=1S/C15H22O2/c1-15(2,3)11-6-4-7-12(10-11)17-14-9-5-8-13(14)16/h4,6-7,10,13-14,16H,5,8-9H2,1-3H3/t13-,14-/m1/s1. The van der Waals surface area contributed by atoms with Crippen molar-refractivity contribution in [3.63, 3.8) is 0 Å². The summed E-state index contributed by atoms with van der Waals surface area (Å²) in [5.41, 5.74) is 1.40. The van der Waals surface area contributed by atoms with Crippen LogP contribution in [0.2, 0.25) is 0 Å². The van der Waals surface area contributed by atoms with E-state index in [9.17, 15) is 5.11 Å². The first kappa shape index (κ1) is 12.4. The summed E-state index contributed by atoms with van der Waals surface area (Å²) in [6.07, 6.45) is 2.56. The fourth-order valence-corrected chi connectivity index (χ4v) is 2.25. The van der Waals surface area contributed by atoms with E-state index in [1.165, 1.54) is 5.56 Å². The van der Waals surface area contributed by atoms with E-state index in [4.69, 9.17) is 4.74 Å². The molecule has 17 heavy (non-hydrogen) atoms. The van der Waals surface area contributed by atoms with Crippen LogP contribution in [0.4, 0.5) is 0 Å². The van der Waals surface area contributed by atoms with Crippen LogP contribution >= 0.6 is 0 Å². The predicted molar refractivity (Wildman–Crippen MR) is 69.4 cm³/mol. The van der Waals surface area contributed by atoms with Gasteiger partial charge in [-0.15, -0.1) is 0 Å². The van der Waals surface area contributed by atoms with E-state index in [1.807, 2.05) is 12.1 Å². The van der Waals surface area contributed by atoms with Crippen LogP contribution in [0.5, 0.6) is 5.75 Å². The van der Waals surface area contributed by atoms with E-state index >= 15 is 0 Å². The Morgan fingerprint density at radius 2 is 2.00 bits per heavy atom. The molecule has 0 radical (unpaired) electrons. The van der Waals surface area contributed by atoms with Crippen LogP contribution in [-0.4, -0.2) is 17.3 Å². The van der Waals surface area contributed by atoms with E-state index in [0.717, 1.165) is 25.0 Å². The highest BCUT2D eigenvalue weighted by Crippen LogP contribution is 2.28. The summed E-state index contributed by atoms with van der Waals surface area (Å²) in [4.78, 5) is 0. The van der Waals surface area contributed by atoms with Crippen molar-refractivity contribution in [2.24, 2.45) is 0 Å². The lowest BCUT2D eigenvalue weighted by Crippen LogP contribution is -2.25. The third kappa shape index (κ3) is 3.01. The molecule has 0 aliphatic heterocycles. The molecular weight excluding hydrogens is 212 g/mol. The topological polar surface area (TPSA) is 29.5 Å². The molecule has 0 unspecified atom stereocenters. The molecule has 2 atom stereocenters. The first-order valence-electron chi connectivity index (χ1n) is 6.42. The second-order valence-corrected chi connectivity index (χ2v) is 5.93. The summed E-state index contributed by atoms with van der Waals surface area (Å²) in [5, 5.41) is 9.75. The largest absolute Gasteiger partial charge is 0.488 e. The Hall–Kier alpha value is -1.02. The molecule has 1 aromatic rings. The molecule has 1 N–H and O–H groups in total. The smallest absolute Gasteiger partial charge is 0.124 e. The van der Waals surface area contributed by atoms with E-state index in [2.05, 4.69) is 32.9 Å². The Kier molecular flexibility index (Phi) is 3.43. The highest BCUT2D eigenvalue weighted by Gasteiger charge is 2.27. The van der Waals surface area contributed by atoms with E-state index < -0.39 is 0 Å². The molecule has 1 fully saturated rings. The monoisotopic (exact) mass is 234 g/mol. The average molecular weight is 234 g/mol. The van der Waals surface area contributed by atoms with Crippen molar-refractivity contribution >= 4 is 0 Å². The van der Waals surface area contributed by atoms with Gasteiger partial charge in [0.1, 0.15) is 11.9 Å². The molecule has 1 aliphatic rings. The van der Waals surface area contributed by atoms with E-state index in [-0.39, 0.29) is 17.6 Å². The van der Waals surface area contributed by atoms with Gasteiger partial charge in [0.2, 0.25) is 0 Å². The lowest BCUT2D eigenvalue weighted by molar-refractivity contribution is 0.0603. The first-order valence-corrected chi connectivity index (χ1v) is 6.42. The minimum absolute atomic E-state index is 0.0229. The van der Waals surface area contributed by atoms with Gasteiger partial charge in [-0.1, -0.05) is 32.9 Å². The summed E-state index contributed by atoms with van der Waals surface area (Å²) < 4.78 is 5.87. The van der Waals surface area contributed by atoms with Crippen LogP contribution in [-0.2, 0) is 5.41 Å². The van der Waals surface area contributed by atoms with Gasteiger partial charge in [0.05, 0.1) is 6.10 Å². The van der Waals surface area contributed by atoms with Crippen molar-refractivity contribution in [1.82, 2.24) is 0 Å². The molecule has 1 saturated carbocycles. The molecule has 0 heterocycles. The zero-order valence-corrected chi connectivity index (χ0v) is 10.9. The number of hydrogen-bond acceptors (Lipinski definition) is 2. The van der Waals surface area contributed by atoms with Crippen LogP contribution < -0.4 is 4.74 Å². The van der Waals surface area contributed by atoms with Crippen LogP contribution in [0, 0.1) is 0 Å². The Morgan fingerprint density at radius 1 is 1.24 bits per heavy atom. The Labute approximate surface area is 104 Å². The van der Waals surface area contributed by atoms with Gasteiger partial charge in [0.25, 0.3) is 0 Å². The molecule has 0 amide bonds. The minimum atomic E-state index is -0.298. The van der Waals surface area contributed by atoms with Crippen molar-refractivity contribution in [2.45, 2.75) is 57.7 Å². The van der Waals surface area contributed by atoms with Gasteiger partial charge in [-0.2, -0.15) is 0 Å². The maximum absolute atomic E-state index is 9.75. The second kappa shape index (κ2) is 4.69. The zero-order chi connectivity index (χ0) is 12.5. The number of rotatable bonds is 2. The van der Waals surface area contributed by atoms with E-state index in [0.29, 0.717) is 0 Å². The minimum Gasteiger partial charge on any atom is -0.488 e. The summed E-state index contributed by atoms with van der Waals surface area (Å²) in [5.74, 6) is 0.878. The van der Waals surface area contributed by atoms with Crippen molar-refractivity contribution in [3.05, 3.63) is 29.8 Å². The van der Waals surface area contributed by atoms with Crippen LogP contribution in [0.3, 0.4) is 0 Å². The maximum atomic E-state index is 9.75. The first-order chi connectivity index (χ1) is 7.97. The number of aliphatic hydroxyl groups is 1. The van der Waals surface area contributed by atoms with Gasteiger partial charge in [-0.25, -0.2) is 0 Å². The molecule has 94 valence electrons. The number of ether oxygens (including phenoxy) is 1. The fraction of sp³-hybridized carbons (Fsp3) is 0.600. The molecule has 0 saturated heterocycles. The summed E-state index contributed by atoms with van der Waals surface area (Å²) in [7, 11) is 0. The highest BCUT2D eigenvalue weighted by molar-refractivity contribution is 5.32. The number of benzene rings is 1. The van der Waals surface area contributed by atoms with Gasteiger partial charge < -0.3 is 9.84 Å². The summed E-state index contributed by atoms with van der Waals surface area (Å²) >= 11 is 0. The molecule has 1 aromatic carbocycles. The highest BCUT2D eigenvalue weighted by atomic mass is 16.5. The van der Waals surface area contributed by atoms with Crippen molar-refractivity contribution in [2.75, 3.05) is 0 Å². The third-order valence-corrected chi connectivity index (χ3v) is 3.41. The van der Waals surface area contributed by atoms with Gasteiger partial charge in [-0.3, -0.25) is 0 Å². The quantitative estimate of drug-likeness (QED) is 0.851. The Morgan fingerprint density at radius 3 is 2.59 bits per heavy atom. The van der Waals surface area contributed by atoms with Gasteiger partial charge >= 0.3 is 0 Å². The number of aliphatic hydroxyl groups excluding tert-OH is 1. The molecule has 1 aliphatic carbocycles. The summed E-state index contributed by atoms with van der Waals surface area (Å²) in [6, 6.07) is 8.21. The third-order valence-electron chi connectivity index (χ3n) is 3.41. The van der Waals surface area contributed by atoms with Gasteiger partial charge in [0, 0.05) is 0 Å². The molecule has 2 heteroatoms. The molecule has 0 bridgehead atoms. The Bertz CT molecular complexity index is 379. The lowest BCUT2D eigenvalue weighted by Gasteiger charge is -2.22. The van der Waals surface area contributed by atoms with Crippen LogP contribution in [0.15, 0.2) is 24.3 Å². The normalized spacial score (nSPS) is 24.9.